The van der Waals surface area contributed by atoms with Gasteiger partial charge in [-0.25, -0.2) is 12.8 Å². The van der Waals surface area contributed by atoms with Crippen molar-refractivity contribution in [1.29, 1.82) is 0 Å². The lowest BCUT2D eigenvalue weighted by Crippen LogP contribution is -2.51. The lowest BCUT2D eigenvalue weighted by atomic mass is 10.1. The third-order valence-corrected chi connectivity index (χ3v) is 6.35. The monoisotopic (exact) mass is 510 g/mol. The van der Waals surface area contributed by atoms with Gasteiger partial charge in [0.2, 0.25) is 21.8 Å². The number of hydrogen-bond acceptors (Lipinski definition) is 7. The van der Waals surface area contributed by atoms with Gasteiger partial charge in [-0.05, 0) is 30.2 Å². The molecule has 0 bridgehead atoms. The second-order valence-electron chi connectivity index (χ2n) is 7.57. The molecule has 2 rings (SSSR count). The summed E-state index contributed by atoms with van der Waals surface area (Å²) < 4.78 is 44.6. The maximum absolute atomic E-state index is 13.5. The smallest absolute Gasteiger partial charge is 0.271 e. The molecule has 0 spiro atoms. The maximum Gasteiger partial charge on any atom is 0.271 e. The summed E-state index contributed by atoms with van der Waals surface area (Å²) >= 11 is 0. The van der Waals surface area contributed by atoms with E-state index >= 15 is 0 Å². The van der Waals surface area contributed by atoms with Crippen molar-refractivity contribution in [1.82, 2.24) is 10.2 Å². The van der Waals surface area contributed by atoms with Crippen molar-refractivity contribution < 1.29 is 32.1 Å². The van der Waals surface area contributed by atoms with E-state index in [9.17, 15) is 32.5 Å². The molecule has 0 aliphatic heterocycles. The van der Waals surface area contributed by atoms with Gasteiger partial charge < -0.3 is 15.0 Å². The quantitative estimate of drug-likeness (QED) is 0.361. The Hall–Kier alpha value is -3.74. The van der Waals surface area contributed by atoms with Crippen molar-refractivity contribution in [2.45, 2.75) is 25.9 Å². The summed E-state index contributed by atoms with van der Waals surface area (Å²) in [6.07, 6.45) is 1.06. The van der Waals surface area contributed by atoms with E-state index in [0.29, 0.717) is 9.87 Å². The number of methoxy groups -OCH3 is 1. The van der Waals surface area contributed by atoms with E-state index in [-0.39, 0.29) is 24.4 Å². The molecule has 0 saturated heterocycles. The summed E-state index contributed by atoms with van der Waals surface area (Å²) in [7, 11) is -1.46. The number of halogens is 1. The number of rotatable bonds is 11. The molecule has 0 aliphatic rings. The van der Waals surface area contributed by atoms with Gasteiger partial charge in [0.15, 0.2) is 0 Å². The Morgan fingerprint density at radius 2 is 1.83 bits per heavy atom. The first-order chi connectivity index (χ1) is 16.4. The van der Waals surface area contributed by atoms with E-state index in [1.165, 1.54) is 49.4 Å². The molecule has 35 heavy (non-hydrogen) atoms. The number of carbonyl (C=O) groups is 2. The van der Waals surface area contributed by atoms with Gasteiger partial charge in [0.05, 0.1) is 18.3 Å². The first-order valence-electron chi connectivity index (χ1n) is 10.5. The fraction of sp³-hybridized carbons (Fsp3) is 0.364. The summed E-state index contributed by atoms with van der Waals surface area (Å²) in [5.41, 5.74) is -0.0879. The number of ether oxygens (including phenoxy) is 1. The zero-order valence-electron chi connectivity index (χ0n) is 19.7. The Kier molecular flexibility index (Phi) is 9.12. The van der Waals surface area contributed by atoms with E-state index in [4.69, 9.17) is 4.74 Å². The molecule has 2 amide bonds. The van der Waals surface area contributed by atoms with E-state index in [0.717, 1.165) is 18.4 Å². The summed E-state index contributed by atoms with van der Waals surface area (Å²) in [4.78, 5) is 37.7. The van der Waals surface area contributed by atoms with Gasteiger partial charge in [-0.2, -0.15) is 0 Å². The van der Waals surface area contributed by atoms with Crippen molar-refractivity contribution >= 4 is 33.2 Å². The number of non-ortho nitro benzene ring substituents is 1. The van der Waals surface area contributed by atoms with Crippen LogP contribution in [0.25, 0.3) is 0 Å². The molecule has 190 valence electrons. The van der Waals surface area contributed by atoms with E-state index in [1.54, 1.807) is 6.92 Å². The number of amides is 2. The molecular formula is C22H27FN4O7S. The van der Waals surface area contributed by atoms with Crippen molar-refractivity contribution in [2.75, 3.05) is 31.3 Å². The number of carbonyl (C=O) groups excluding carboxylic acids is 2. The fourth-order valence-corrected chi connectivity index (χ4v) is 4.30. The van der Waals surface area contributed by atoms with Gasteiger partial charge in [-0.1, -0.05) is 19.1 Å². The average molecular weight is 511 g/mol. The van der Waals surface area contributed by atoms with Gasteiger partial charge >= 0.3 is 0 Å². The Balaban J connectivity index is 2.54. The number of nitrogens with one attached hydrogen (secondary N) is 1. The number of likely N-dealkylation sites (N-methyl/N-ethyl adjacent to an activating group) is 1. The van der Waals surface area contributed by atoms with Crippen molar-refractivity contribution in [2.24, 2.45) is 0 Å². The Labute approximate surface area is 202 Å². The second kappa shape index (κ2) is 11.6. The number of nitro groups is 1. The van der Waals surface area contributed by atoms with Crippen molar-refractivity contribution in [3.8, 4) is 5.75 Å². The minimum absolute atomic E-state index is 0.00254. The summed E-state index contributed by atoms with van der Waals surface area (Å²) in [6, 6.07) is 7.72. The van der Waals surface area contributed by atoms with Crippen LogP contribution in [-0.2, 0) is 26.2 Å². The third kappa shape index (κ3) is 6.88. The van der Waals surface area contributed by atoms with Crippen LogP contribution in [0, 0.1) is 15.9 Å². The molecule has 1 N–H and O–H groups in total. The van der Waals surface area contributed by atoms with Gasteiger partial charge in [0, 0.05) is 25.7 Å². The predicted octanol–water partition coefficient (Wildman–Crippen LogP) is 2.06. The Morgan fingerprint density at radius 1 is 1.20 bits per heavy atom. The van der Waals surface area contributed by atoms with Crippen LogP contribution in [0.15, 0.2) is 42.5 Å². The van der Waals surface area contributed by atoms with Crippen LogP contribution in [0.4, 0.5) is 15.8 Å². The largest absolute Gasteiger partial charge is 0.495 e. The number of anilines is 1. The van der Waals surface area contributed by atoms with E-state index in [1.807, 2.05) is 0 Å². The molecule has 2 aromatic carbocycles. The summed E-state index contributed by atoms with van der Waals surface area (Å²) in [5, 5.41) is 13.7. The van der Waals surface area contributed by atoms with Crippen LogP contribution in [0.1, 0.15) is 18.9 Å². The van der Waals surface area contributed by atoms with Gasteiger partial charge in [-0.15, -0.1) is 0 Å². The highest BCUT2D eigenvalue weighted by Crippen LogP contribution is 2.34. The molecule has 0 aromatic heterocycles. The topological polar surface area (TPSA) is 139 Å². The van der Waals surface area contributed by atoms with Crippen LogP contribution in [0.2, 0.25) is 0 Å². The van der Waals surface area contributed by atoms with Crippen LogP contribution >= 0.6 is 0 Å². The van der Waals surface area contributed by atoms with E-state index < -0.39 is 50.9 Å². The fourth-order valence-electron chi connectivity index (χ4n) is 3.45. The van der Waals surface area contributed by atoms with Crippen LogP contribution in [0.3, 0.4) is 0 Å². The highest BCUT2D eigenvalue weighted by molar-refractivity contribution is 7.92. The predicted molar refractivity (Wildman–Crippen MR) is 127 cm³/mol. The molecule has 0 saturated carbocycles. The zero-order valence-corrected chi connectivity index (χ0v) is 20.5. The molecular weight excluding hydrogens is 483 g/mol. The molecule has 0 heterocycles. The molecule has 0 fully saturated rings. The van der Waals surface area contributed by atoms with Crippen molar-refractivity contribution in [3.63, 3.8) is 0 Å². The maximum atomic E-state index is 13.5. The minimum atomic E-state index is -4.13. The highest BCUT2D eigenvalue weighted by atomic mass is 32.2. The van der Waals surface area contributed by atoms with Crippen LogP contribution < -0.4 is 14.4 Å². The first kappa shape index (κ1) is 27.5. The number of sulfonamides is 1. The summed E-state index contributed by atoms with van der Waals surface area (Å²) in [6.45, 7) is 0.822. The standard InChI is InChI=1S/C22H27FN4O7S/c1-5-18(22(29)24-2)25(13-15-6-8-16(23)9-7-15)21(28)14-26(35(4,32)33)19-12-17(27(30)31)10-11-20(19)34-3/h6-12,18H,5,13-14H2,1-4H3,(H,24,29)/t18-/m1/s1. The zero-order chi connectivity index (χ0) is 26.3. The third-order valence-electron chi connectivity index (χ3n) is 5.22. The van der Waals surface area contributed by atoms with Gasteiger partial charge in [-0.3, -0.25) is 24.0 Å². The molecule has 1 atom stereocenters. The first-order valence-corrected chi connectivity index (χ1v) is 12.3. The Bertz CT molecular complexity index is 1190. The van der Waals surface area contributed by atoms with E-state index in [2.05, 4.69) is 5.32 Å². The number of benzene rings is 2. The highest BCUT2D eigenvalue weighted by Gasteiger charge is 2.32. The molecule has 0 unspecified atom stereocenters. The lowest BCUT2D eigenvalue weighted by molar-refractivity contribution is -0.384. The minimum Gasteiger partial charge on any atom is -0.495 e. The lowest BCUT2D eigenvalue weighted by Gasteiger charge is -2.32. The molecule has 13 heteroatoms. The number of hydrogen-bond donors (Lipinski definition) is 1. The molecule has 0 aliphatic carbocycles. The van der Waals surface area contributed by atoms with Crippen LogP contribution in [0.5, 0.6) is 5.75 Å². The SMILES string of the molecule is CC[C@H](C(=O)NC)N(Cc1ccc(F)cc1)C(=O)CN(c1cc([N+](=O)[O-])ccc1OC)S(C)(=O)=O. The molecule has 2 aromatic rings. The molecule has 11 nitrogen and oxygen atoms in total. The normalized spacial score (nSPS) is 11.9. The van der Waals surface area contributed by atoms with Crippen LogP contribution in [-0.4, -0.2) is 63.1 Å². The van der Waals surface area contributed by atoms with Crippen molar-refractivity contribution in [3.05, 3.63) is 64.0 Å². The number of nitro benzene ring substituents is 1. The Morgan fingerprint density at radius 3 is 2.31 bits per heavy atom. The molecule has 0 radical (unpaired) electrons. The van der Waals surface area contributed by atoms with Gasteiger partial charge in [0.1, 0.15) is 29.8 Å². The van der Waals surface area contributed by atoms with Gasteiger partial charge in [0.25, 0.3) is 5.69 Å². The average Bonchev–Trinajstić information content (AvgIpc) is 2.82. The second-order valence-corrected chi connectivity index (χ2v) is 9.48. The summed E-state index contributed by atoms with van der Waals surface area (Å²) in [5.74, 6) is -1.70. The number of nitrogens with zero attached hydrogens (tertiary/aromatic N) is 3.